The van der Waals surface area contributed by atoms with Gasteiger partial charge in [-0.05, 0) is 61.9 Å². The molecule has 0 radical (unpaired) electrons. The topological polar surface area (TPSA) is 64.3 Å². The van der Waals surface area contributed by atoms with Gasteiger partial charge in [0, 0.05) is 44.5 Å². The van der Waals surface area contributed by atoms with Crippen LogP contribution in [0, 0.1) is 11.7 Å². The van der Waals surface area contributed by atoms with Gasteiger partial charge in [0.25, 0.3) is 0 Å². The minimum atomic E-state index is -0.271. The maximum Gasteiger partial charge on any atom is 0.317 e. The van der Waals surface area contributed by atoms with Crippen molar-refractivity contribution in [3.05, 3.63) is 77.7 Å². The van der Waals surface area contributed by atoms with Crippen LogP contribution in [0.25, 0.3) is 11.3 Å². The molecule has 2 N–H and O–H groups in total. The third-order valence-electron chi connectivity index (χ3n) is 6.43. The van der Waals surface area contributed by atoms with Crippen LogP contribution in [0.3, 0.4) is 0 Å². The zero-order valence-electron chi connectivity index (χ0n) is 19.8. The van der Waals surface area contributed by atoms with Crippen molar-refractivity contribution in [1.82, 2.24) is 25.3 Å². The lowest BCUT2D eigenvalue weighted by Crippen LogP contribution is -2.44. The van der Waals surface area contributed by atoms with E-state index in [0.717, 1.165) is 55.8 Å². The molecule has 2 heterocycles. The normalized spacial score (nSPS) is 16.4. The molecule has 1 unspecified atom stereocenters. The molecule has 1 aliphatic rings. The zero-order valence-corrected chi connectivity index (χ0v) is 19.8. The lowest BCUT2D eigenvalue weighted by molar-refractivity contribution is 0.161. The first-order valence-corrected chi connectivity index (χ1v) is 12.1. The molecule has 0 aliphatic carbocycles. The lowest BCUT2D eigenvalue weighted by Gasteiger charge is -2.33. The molecular formula is C27H34FN5O. The number of rotatable bonds is 9. The van der Waals surface area contributed by atoms with E-state index in [9.17, 15) is 9.18 Å². The maximum absolute atomic E-state index is 13.4. The maximum atomic E-state index is 13.4. The highest BCUT2D eigenvalue weighted by molar-refractivity contribution is 5.73. The van der Waals surface area contributed by atoms with Gasteiger partial charge < -0.3 is 10.2 Å². The fourth-order valence-electron chi connectivity index (χ4n) is 4.56. The Bertz CT molecular complexity index is 1050. The Kier molecular flexibility index (Phi) is 8.31. The van der Waals surface area contributed by atoms with E-state index in [-0.39, 0.29) is 11.8 Å². The molecular weight excluding hydrogens is 429 g/mol. The van der Waals surface area contributed by atoms with E-state index >= 15 is 0 Å². The molecule has 4 rings (SSSR count). The predicted molar refractivity (Wildman–Crippen MR) is 133 cm³/mol. The first-order chi connectivity index (χ1) is 16.6. The summed E-state index contributed by atoms with van der Waals surface area (Å²) in [6, 6.07) is 18.9. The zero-order chi connectivity index (χ0) is 23.8. The molecule has 0 spiro atoms. The van der Waals surface area contributed by atoms with Crippen molar-refractivity contribution in [3.8, 4) is 11.3 Å². The largest absolute Gasteiger partial charge is 0.338 e. The molecule has 1 aromatic heterocycles. The number of aryl methyl sites for hydroxylation is 1. The number of likely N-dealkylation sites (tertiary alicyclic amines) is 1. The van der Waals surface area contributed by atoms with Crippen LogP contribution >= 0.6 is 0 Å². The number of urea groups is 1. The molecule has 0 saturated carbocycles. The van der Waals surface area contributed by atoms with Crippen LogP contribution in [0.5, 0.6) is 0 Å². The summed E-state index contributed by atoms with van der Waals surface area (Å²) in [6.45, 7) is 4.48. The fourth-order valence-corrected chi connectivity index (χ4v) is 4.56. The van der Waals surface area contributed by atoms with E-state index in [2.05, 4.69) is 44.7 Å². The molecule has 7 heteroatoms. The van der Waals surface area contributed by atoms with Crippen molar-refractivity contribution in [1.29, 1.82) is 0 Å². The van der Waals surface area contributed by atoms with E-state index in [1.807, 2.05) is 25.2 Å². The molecule has 0 bridgehead atoms. The molecule has 1 fully saturated rings. The van der Waals surface area contributed by atoms with E-state index in [4.69, 9.17) is 0 Å². The summed E-state index contributed by atoms with van der Waals surface area (Å²) in [5, 5.41) is 10.4. The van der Waals surface area contributed by atoms with E-state index < -0.39 is 0 Å². The Morgan fingerprint density at radius 1 is 1.21 bits per heavy atom. The van der Waals surface area contributed by atoms with Crippen molar-refractivity contribution in [3.63, 3.8) is 0 Å². The molecule has 34 heavy (non-hydrogen) atoms. The summed E-state index contributed by atoms with van der Waals surface area (Å²) < 4.78 is 13.4. The number of hydrogen-bond acceptors (Lipinski definition) is 3. The molecule has 2 amide bonds. The number of carbonyl (C=O) groups excluding carboxylic acids is 1. The van der Waals surface area contributed by atoms with E-state index in [1.165, 1.54) is 24.1 Å². The highest BCUT2D eigenvalue weighted by Gasteiger charge is 2.21. The first-order valence-electron chi connectivity index (χ1n) is 12.1. The van der Waals surface area contributed by atoms with Gasteiger partial charge in [-0.15, -0.1) is 0 Å². The smallest absolute Gasteiger partial charge is 0.317 e. The fraction of sp³-hybridized carbons (Fsp3) is 0.407. The molecule has 1 aliphatic heterocycles. The van der Waals surface area contributed by atoms with Crippen LogP contribution in [-0.2, 0) is 13.0 Å². The van der Waals surface area contributed by atoms with Crippen LogP contribution in [0.1, 0.15) is 30.5 Å². The minimum absolute atomic E-state index is 0.0229. The first kappa shape index (κ1) is 24.0. The highest BCUT2D eigenvalue weighted by atomic mass is 19.1. The highest BCUT2D eigenvalue weighted by Crippen LogP contribution is 2.20. The molecule has 180 valence electrons. The third kappa shape index (κ3) is 6.90. The van der Waals surface area contributed by atoms with Crippen molar-refractivity contribution in [2.24, 2.45) is 5.92 Å². The number of aromatic amines is 1. The molecule has 1 saturated heterocycles. The van der Waals surface area contributed by atoms with Gasteiger partial charge in [0.1, 0.15) is 5.82 Å². The Morgan fingerprint density at radius 3 is 2.88 bits per heavy atom. The van der Waals surface area contributed by atoms with Gasteiger partial charge in [-0.2, -0.15) is 5.10 Å². The summed E-state index contributed by atoms with van der Waals surface area (Å²) in [4.78, 5) is 16.8. The molecule has 6 nitrogen and oxygen atoms in total. The summed E-state index contributed by atoms with van der Waals surface area (Å²) in [5.41, 5.74) is 3.81. The van der Waals surface area contributed by atoms with Crippen molar-refractivity contribution < 1.29 is 9.18 Å². The summed E-state index contributed by atoms with van der Waals surface area (Å²) >= 11 is 0. The standard InChI is InChI=1S/C27H34FN5O/c1-32(14-7-13-25-17-26(31-30-25)23-11-5-12-24(28)16-23)27(34)29-18-22-10-6-15-33(20-22)19-21-8-3-2-4-9-21/h2-5,8-9,11-12,16-17,22H,6-7,10,13-15,18-20H2,1H3,(H,29,34)(H,30,31). The number of amides is 2. The number of piperidine rings is 1. The van der Waals surface area contributed by atoms with E-state index in [0.29, 0.717) is 19.0 Å². The van der Waals surface area contributed by atoms with Crippen molar-refractivity contribution >= 4 is 6.03 Å². The summed E-state index contributed by atoms with van der Waals surface area (Å²) in [5.74, 6) is 0.216. The number of nitrogens with zero attached hydrogens (tertiary/aromatic N) is 3. The van der Waals surface area contributed by atoms with Gasteiger partial charge in [0.05, 0.1) is 5.69 Å². The van der Waals surface area contributed by atoms with Gasteiger partial charge in [0.15, 0.2) is 0 Å². The molecule has 1 atom stereocenters. The number of nitrogens with one attached hydrogen (secondary N) is 2. The number of aromatic nitrogens is 2. The Balaban J connectivity index is 1.16. The summed E-state index contributed by atoms with van der Waals surface area (Å²) in [6.07, 6.45) is 3.92. The van der Waals surface area contributed by atoms with Gasteiger partial charge in [0.2, 0.25) is 0 Å². The van der Waals surface area contributed by atoms with Gasteiger partial charge in [-0.25, -0.2) is 9.18 Å². The van der Waals surface area contributed by atoms with Crippen LogP contribution in [-0.4, -0.2) is 59.3 Å². The Hall–Kier alpha value is -3.19. The van der Waals surface area contributed by atoms with Crippen molar-refractivity contribution in [2.45, 2.75) is 32.2 Å². The summed E-state index contributed by atoms with van der Waals surface area (Å²) in [7, 11) is 1.84. The third-order valence-corrected chi connectivity index (χ3v) is 6.43. The number of hydrogen-bond donors (Lipinski definition) is 2. The lowest BCUT2D eigenvalue weighted by atomic mass is 9.97. The second-order valence-corrected chi connectivity index (χ2v) is 9.23. The van der Waals surface area contributed by atoms with Crippen LogP contribution in [0.15, 0.2) is 60.7 Å². The number of halogens is 1. The van der Waals surface area contributed by atoms with Gasteiger partial charge in [-0.1, -0.05) is 42.5 Å². The van der Waals surface area contributed by atoms with Crippen LogP contribution in [0.4, 0.5) is 9.18 Å². The Labute approximate surface area is 201 Å². The van der Waals surface area contributed by atoms with Crippen LogP contribution < -0.4 is 5.32 Å². The predicted octanol–water partition coefficient (Wildman–Crippen LogP) is 4.70. The monoisotopic (exact) mass is 463 g/mol. The molecule has 3 aromatic rings. The second-order valence-electron chi connectivity index (χ2n) is 9.23. The number of carbonyl (C=O) groups is 1. The number of H-pyrrole nitrogens is 1. The minimum Gasteiger partial charge on any atom is -0.338 e. The van der Waals surface area contributed by atoms with Gasteiger partial charge >= 0.3 is 6.03 Å². The SMILES string of the molecule is CN(CCCc1cc(-c2cccc(F)c2)n[nH]1)C(=O)NCC1CCCN(Cc2ccccc2)C1. The van der Waals surface area contributed by atoms with Crippen molar-refractivity contribution in [2.75, 3.05) is 33.2 Å². The quantitative estimate of drug-likeness (QED) is 0.483. The number of benzene rings is 2. The van der Waals surface area contributed by atoms with E-state index in [1.54, 1.807) is 11.0 Å². The van der Waals surface area contributed by atoms with Crippen LogP contribution in [0.2, 0.25) is 0 Å². The Morgan fingerprint density at radius 2 is 2.06 bits per heavy atom. The van der Waals surface area contributed by atoms with Gasteiger partial charge in [-0.3, -0.25) is 10.00 Å². The average molecular weight is 464 g/mol. The average Bonchev–Trinajstić information content (AvgIpc) is 3.32. The molecule has 2 aromatic carbocycles. The second kappa shape index (κ2) is 11.8.